The maximum Gasteiger partial charge on any atom is 0.416 e. The third-order valence-corrected chi connectivity index (χ3v) is 7.04. The smallest absolute Gasteiger partial charge is 0.416 e. The van der Waals surface area contributed by atoms with Gasteiger partial charge in [-0.3, -0.25) is 9.59 Å². The number of rotatable bonds is 3. The Bertz CT molecular complexity index is 1050. The molecule has 0 bridgehead atoms. The highest BCUT2D eigenvalue weighted by molar-refractivity contribution is 5.97. The van der Waals surface area contributed by atoms with Crippen LogP contribution in [-0.4, -0.2) is 53.4 Å². The van der Waals surface area contributed by atoms with Gasteiger partial charge in [0.25, 0.3) is 11.8 Å². The molecule has 2 amide bonds. The van der Waals surface area contributed by atoms with Gasteiger partial charge in [-0.15, -0.1) is 0 Å². The monoisotopic (exact) mass is 502 g/mol. The number of para-hydroxylation sites is 1. The Hall–Kier alpha value is -3.03. The van der Waals surface area contributed by atoms with Crippen molar-refractivity contribution in [3.05, 3.63) is 65.2 Å². The van der Waals surface area contributed by atoms with Crippen LogP contribution in [0.5, 0.6) is 5.75 Å². The summed E-state index contributed by atoms with van der Waals surface area (Å²) in [4.78, 5) is 30.6. The van der Waals surface area contributed by atoms with Gasteiger partial charge in [0.15, 0.2) is 0 Å². The third-order valence-electron chi connectivity index (χ3n) is 7.04. The highest BCUT2D eigenvalue weighted by Crippen LogP contribution is 2.33. The number of carbonyl (C=O) groups is 2. The number of hydrogen-bond donors (Lipinski definition) is 0. The fourth-order valence-electron chi connectivity index (χ4n) is 5.21. The van der Waals surface area contributed by atoms with Gasteiger partial charge in [-0.05, 0) is 74.9 Å². The van der Waals surface area contributed by atoms with E-state index in [4.69, 9.17) is 4.74 Å². The van der Waals surface area contributed by atoms with Gasteiger partial charge in [0.2, 0.25) is 0 Å². The highest BCUT2D eigenvalue weighted by Gasteiger charge is 2.36. The second kappa shape index (κ2) is 11.4. The summed E-state index contributed by atoms with van der Waals surface area (Å²) in [6.07, 6.45) is 0.856. The van der Waals surface area contributed by atoms with Crippen LogP contribution in [-0.2, 0) is 6.18 Å². The molecule has 2 aromatic rings. The van der Waals surface area contributed by atoms with Gasteiger partial charge < -0.3 is 14.5 Å². The second-order valence-electron chi connectivity index (χ2n) is 9.58. The van der Waals surface area contributed by atoms with Crippen molar-refractivity contribution in [2.24, 2.45) is 0 Å². The number of ether oxygens (including phenoxy) is 1. The Morgan fingerprint density at radius 3 is 2.39 bits per heavy atom. The summed E-state index contributed by atoms with van der Waals surface area (Å²) in [7, 11) is 0. The molecule has 36 heavy (non-hydrogen) atoms. The maximum atomic E-state index is 13.6. The molecule has 0 N–H and O–H groups in total. The lowest BCUT2D eigenvalue weighted by Crippen LogP contribution is -2.51. The van der Waals surface area contributed by atoms with Crippen molar-refractivity contribution in [2.45, 2.75) is 70.2 Å². The molecule has 1 heterocycles. The molecule has 0 radical (unpaired) electrons. The number of amides is 2. The summed E-state index contributed by atoms with van der Waals surface area (Å²) in [5, 5.41) is 0. The highest BCUT2D eigenvalue weighted by atomic mass is 19.4. The lowest BCUT2D eigenvalue weighted by Gasteiger charge is -2.40. The third kappa shape index (κ3) is 5.85. The van der Waals surface area contributed by atoms with E-state index in [0.717, 1.165) is 50.7 Å². The van der Waals surface area contributed by atoms with E-state index in [0.29, 0.717) is 37.4 Å². The lowest BCUT2D eigenvalue weighted by atomic mass is 9.90. The molecule has 1 fully saturated rings. The van der Waals surface area contributed by atoms with Crippen LogP contribution in [0, 0.1) is 0 Å². The molecule has 1 aliphatic heterocycles. The van der Waals surface area contributed by atoms with Gasteiger partial charge >= 0.3 is 6.18 Å². The van der Waals surface area contributed by atoms with Gasteiger partial charge in [0.1, 0.15) is 11.9 Å². The molecule has 0 unspecified atom stereocenters. The number of hydrogen-bond acceptors (Lipinski definition) is 3. The molecule has 2 atom stereocenters. The molecule has 0 spiro atoms. The summed E-state index contributed by atoms with van der Waals surface area (Å²) < 4.78 is 45.6. The quantitative estimate of drug-likeness (QED) is 0.503. The molecule has 2 aliphatic rings. The van der Waals surface area contributed by atoms with Crippen molar-refractivity contribution in [1.82, 2.24) is 9.80 Å². The minimum atomic E-state index is -4.45. The zero-order valence-electron chi connectivity index (χ0n) is 20.6. The van der Waals surface area contributed by atoms with Crippen molar-refractivity contribution in [2.75, 3.05) is 19.6 Å². The Labute approximate surface area is 210 Å². The molecular formula is C28H33F3N2O3. The van der Waals surface area contributed by atoms with E-state index in [9.17, 15) is 22.8 Å². The predicted molar refractivity (Wildman–Crippen MR) is 131 cm³/mol. The fraction of sp³-hybridized carbons (Fsp3) is 0.500. The van der Waals surface area contributed by atoms with Crippen molar-refractivity contribution >= 4 is 11.8 Å². The van der Waals surface area contributed by atoms with Crippen molar-refractivity contribution in [1.29, 1.82) is 0 Å². The number of nitrogens with zero attached hydrogens (tertiary/aromatic N) is 2. The molecule has 2 aromatic carbocycles. The van der Waals surface area contributed by atoms with Crippen LogP contribution in [0.2, 0.25) is 0 Å². The first-order valence-electron chi connectivity index (χ1n) is 12.8. The molecule has 1 saturated carbocycles. The molecule has 5 nitrogen and oxygen atoms in total. The van der Waals surface area contributed by atoms with Crippen LogP contribution in [0.3, 0.4) is 0 Å². The molecule has 1 aliphatic carbocycles. The van der Waals surface area contributed by atoms with Gasteiger partial charge in [-0.1, -0.05) is 25.5 Å². The topological polar surface area (TPSA) is 49.9 Å². The van der Waals surface area contributed by atoms with Crippen LogP contribution < -0.4 is 4.74 Å². The average Bonchev–Trinajstić information content (AvgIpc) is 2.87. The summed E-state index contributed by atoms with van der Waals surface area (Å²) >= 11 is 0. The van der Waals surface area contributed by atoms with E-state index in [2.05, 4.69) is 0 Å². The number of halogens is 3. The summed E-state index contributed by atoms with van der Waals surface area (Å²) in [5.74, 6) is 0.192. The second-order valence-corrected chi connectivity index (χ2v) is 9.58. The van der Waals surface area contributed by atoms with Crippen molar-refractivity contribution in [3.8, 4) is 5.75 Å². The zero-order valence-corrected chi connectivity index (χ0v) is 20.6. The van der Waals surface area contributed by atoms with E-state index >= 15 is 0 Å². The van der Waals surface area contributed by atoms with Crippen molar-refractivity contribution in [3.63, 3.8) is 0 Å². The SMILES string of the molecule is CCCN1CCCCN(C(=O)c2ccc(C(F)(F)F)cc2)[C@@H]2CCCC[C@@H]2Oc2ccccc2C1=O. The fourth-order valence-corrected chi connectivity index (χ4v) is 5.21. The van der Waals surface area contributed by atoms with E-state index in [1.54, 1.807) is 17.0 Å². The Balaban J connectivity index is 1.66. The van der Waals surface area contributed by atoms with Gasteiger partial charge in [-0.2, -0.15) is 13.2 Å². The standard InChI is InChI=1S/C28H33F3N2O3/c1-2-17-32-18-7-8-19-33(26(34)20-13-15-21(16-14-20)28(29,30)31)23-10-4-6-12-25(23)36-24-11-5-3-9-22(24)27(32)35/h3,5,9,11,13-16,23,25H,2,4,6-8,10,12,17-19H2,1H3/t23-,25+/m1/s1. The Morgan fingerprint density at radius 2 is 1.67 bits per heavy atom. The number of benzene rings is 2. The van der Waals surface area contributed by atoms with E-state index in [1.165, 1.54) is 12.1 Å². The summed E-state index contributed by atoms with van der Waals surface area (Å²) in [6.45, 7) is 3.69. The molecule has 0 aromatic heterocycles. The largest absolute Gasteiger partial charge is 0.487 e. The first-order valence-corrected chi connectivity index (χ1v) is 12.8. The number of alkyl halides is 3. The summed E-state index contributed by atoms with van der Waals surface area (Å²) in [5.41, 5.74) is -0.0111. The van der Waals surface area contributed by atoms with Crippen LogP contribution in [0.25, 0.3) is 0 Å². The lowest BCUT2D eigenvalue weighted by molar-refractivity contribution is -0.137. The van der Waals surface area contributed by atoms with Crippen LogP contribution >= 0.6 is 0 Å². The molecular weight excluding hydrogens is 469 g/mol. The molecule has 194 valence electrons. The minimum absolute atomic E-state index is 0.0435. The first kappa shape index (κ1) is 26.0. The Morgan fingerprint density at radius 1 is 0.972 bits per heavy atom. The van der Waals surface area contributed by atoms with Crippen LogP contribution in [0.1, 0.15) is 78.1 Å². The van der Waals surface area contributed by atoms with Gasteiger partial charge in [-0.25, -0.2) is 0 Å². The zero-order chi connectivity index (χ0) is 25.7. The number of fused-ring (bicyclic) bond motifs is 2. The van der Waals surface area contributed by atoms with E-state index in [1.807, 2.05) is 24.0 Å². The van der Waals surface area contributed by atoms with Gasteiger partial charge in [0, 0.05) is 25.2 Å². The van der Waals surface area contributed by atoms with E-state index < -0.39 is 11.7 Å². The minimum Gasteiger partial charge on any atom is -0.487 e. The number of carbonyl (C=O) groups excluding carboxylic acids is 2. The molecule has 8 heteroatoms. The summed E-state index contributed by atoms with van der Waals surface area (Å²) in [6, 6.07) is 11.5. The predicted octanol–water partition coefficient (Wildman–Crippen LogP) is 6.18. The normalized spacial score (nSPS) is 21.5. The molecule has 0 saturated heterocycles. The first-order chi connectivity index (χ1) is 17.3. The van der Waals surface area contributed by atoms with E-state index in [-0.39, 0.29) is 29.5 Å². The van der Waals surface area contributed by atoms with Crippen LogP contribution in [0.15, 0.2) is 48.5 Å². The maximum absolute atomic E-state index is 13.6. The Kier molecular flexibility index (Phi) is 8.21. The van der Waals surface area contributed by atoms with Crippen LogP contribution in [0.4, 0.5) is 13.2 Å². The van der Waals surface area contributed by atoms with Crippen molar-refractivity contribution < 1.29 is 27.5 Å². The molecule has 4 rings (SSSR count). The van der Waals surface area contributed by atoms with Gasteiger partial charge in [0.05, 0.1) is 17.2 Å². The average molecular weight is 503 g/mol.